The number of methoxy groups -OCH3 is 1. The SMILES string of the molecule is COc1cc(O)cc(C)c1-c1cnn(C)c1N. The number of anilines is 1. The van der Waals surface area contributed by atoms with Gasteiger partial charge in [0.05, 0.1) is 13.3 Å². The molecule has 0 radical (unpaired) electrons. The van der Waals surface area contributed by atoms with Gasteiger partial charge in [-0.05, 0) is 18.6 Å². The summed E-state index contributed by atoms with van der Waals surface area (Å²) in [6.07, 6.45) is 1.69. The number of nitrogen functional groups attached to an aromatic ring is 1. The van der Waals surface area contributed by atoms with Crippen LogP contribution in [0.1, 0.15) is 5.56 Å². The highest BCUT2D eigenvalue weighted by molar-refractivity contribution is 5.81. The molecule has 0 bridgehead atoms. The van der Waals surface area contributed by atoms with Crippen LogP contribution in [-0.2, 0) is 7.05 Å². The average molecular weight is 233 g/mol. The Morgan fingerprint density at radius 2 is 2.12 bits per heavy atom. The van der Waals surface area contributed by atoms with E-state index in [2.05, 4.69) is 5.10 Å². The number of ether oxygens (including phenoxy) is 1. The molecule has 0 aliphatic rings. The summed E-state index contributed by atoms with van der Waals surface area (Å²) in [4.78, 5) is 0. The molecule has 0 aliphatic heterocycles. The third kappa shape index (κ3) is 1.80. The second-order valence-electron chi connectivity index (χ2n) is 3.91. The van der Waals surface area contributed by atoms with E-state index in [1.54, 1.807) is 37.2 Å². The minimum absolute atomic E-state index is 0.172. The van der Waals surface area contributed by atoms with Gasteiger partial charge in [-0.25, -0.2) is 0 Å². The maximum absolute atomic E-state index is 9.54. The smallest absolute Gasteiger partial charge is 0.130 e. The van der Waals surface area contributed by atoms with Crippen LogP contribution >= 0.6 is 0 Å². The largest absolute Gasteiger partial charge is 0.508 e. The van der Waals surface area contributed by atoms with Crippen LogP contribution in [-0.4, -0.2) is 22.0 Å². The Labute approximate surface area is 99.4 Å². The molecule has 2 rings (SSSR count). The van der Waals surface area contributed by atoms with Crippen molar-refractivity contribution in [2.24, 2.45) is 7.05 Å². The van der Waals surface area contributed by atoms with E-state index in [1.165, 1.54) is 0 Å². The Hall–Kier alpha value is -2.17. The molecule has 90 valence electrons. The van der Waals surface area contributed by atoms with Gasteiger partial charge in [-0.15, -0.1) is 0 Å². The number of rotatable bonds is 2. The lowest BCUT2D eigenvalue weighted by molar-refractivity contribution is 0.409. The van der Waals surface area contributed by atoms with E-state index in [9.17, 15) is 5.11 Å². The van der Waals surface area contributed by atoms with Gasteiger partial charge < -0.3 is 15.6 Å². The zero-order chi connectivity index (χ0) is 12.6. The summed E-state index contributed by atoms with van der Waals surface area (Å²) in [6, 6.07) is 3.24. The van der Waals surface area contributed by atoms with E-state index in [-0.39, 0.29) is 5.75 Å². The Balaban J connectivity index is 2.70. The third-order valence-corrected chi connectivity index (χ3v) is 2.76. The molecule has 17 heavy (non-hydrogen) atoms. The number of nitrogens with two attached hydrogens (primary N) is 1. The number of phenols is 1. The Morgan fingerprint density at radius 1 is 1.41 bits per heavy atom. The topological polar surface area (TPSA) is 73.3 Å². The van der Waals surface area contributed by atoms with Gasteiger partial charge in [-0.1, -0.05) is 0 Å². The van der Waals surface area contributed by atoms with Crippen LogP contribution in [0.2, 0.25) is 0 Å². The van der Waals surface area contributed by atoms with Crippen molar-refractivity contribution in [2.75, 3.05) is 12.8 Å². The summed E-state index contributed by atoms with van der Waals surface area (Å²) in [6.45, 7) is 1.89. The van der Waals surface area contributed by atoms with Crippen LogP contribution in [0.15, 0.2) is 18.3 Å². The normalized spacial score (nSPS) is 10.5. The van der Waals surface area contributed by atoms with Gasteiger partial charge in [-0.3, -0.25) is 4.68 Å². The molecule has 0 amide bonds. The van der Waals surface area contributed by atoms with Gasteiger partial charge in [0.2, 0.25) is 0 Å². The van der Waals surface area contributed by atoms with Crippen LogP contribution in [0.25, 0.3) is 11.1 Å². The van der Waals surface area contributed by atoms with E-state index in [0.717, 1.165) is 16.7 Å². The number of hydrogen-bond acceptors (Lipinski definition) is 4. The van der Waals surface area contributed by atoms with E-state index in [1.807, 2.05) is 6.92 Å². The lowest BCUT2D eigenvalue weighted by Crippen LogP contribution is -1.99. The summed E-state index contributed by atoms with van der Waals surface area (Å²) in [5.41, 5.74) is 8.50. The number of aromatic nitrogens is 2. The summed E-state index contributed by atoms with van der Waals surface area (Å²) in [5, 5.41) is 13.6. The maximum Gasteiger partial charge on any atom is 0.130 e. The number of aromatic hydroxyl groups is 1. The number of phenolic OH excluding ortho intramolecular Hbond substituents is 1. The first kappa shape index (κ1) is 11.3. The number of aryl methyl sites for hydroxylation is 2. The number of hydrogen-bond donors (Lipinski definition) is 2. The van der Waals surface area contributed by atoms with Crippen molar-refractivity contribution in [3.63, 3.8) is 0 Å². The van der Waals surface area contributed by atoms with Crippen molar-refractivity contribution < 1.29 is 9.84 Å². The molecule has 5 nitrogen and oxygen atoms in total. The zero-order valence-electron chi connectivity index (χ0n) is 10.1. The Morgan fingerprint density at radius 3 is 2.65 bits per heavy atom. The molecule has 0 spiro atoms. The lowest BCUT2D eigenvalue weighted by Gasteiger charge is -2.11. The fourth-order valence-electron chi connectivity index (χ4n) is 1.88. The minimum Gasteiger partial charge on any atom is -0.508 e. The third-order valence-electron chi connectivity index (χ3n) is 2.76. The van der Waals surface area contributed by atoms with Crippen molar-refractivity contribution in [3.8, 4) is 22.6 Å². The van der Waals surface area contributed by atoms with Crippen LogP contribution < -0.4 is 10.5 Å². The van der Waals surface area contributed by atoms with Gasteiger partial charge in [0.15, 0.2) is 0 Å². The summed E-state index contributed by atoms with van der Waals surface area (Å²) in [5.74, 6) is 1.32. The minimum atomic E-state index is 0.172. The summed E-state index contributed by atoms with van der Waals surface area (Å²) >= 11 is 0. The monoisotopic (exact) mass is 233 g/mol. The van der Waals surface area contributed by atoms with Gasteiger partial charge in [-0.2, -0.15) is 5.10 Å². The Kier molecular flexibility index (Phi) is 2.67. The molecule has 0 aliphatic carbocycles. The highest BCUT2D eigenvalue weighted by atomic mass is 16.5. The van der Waals surface area contributed by atoms with E-state index in [0.29, 0.717) is 11.6 Å². The summed E-state index contributed by atoms with van der Waals surface area (Å²) in [7, 11) is 3.34. The van der Waals surface area contributed by atoms with Crippen molar-refractivity contribution in [3.05, 3.63) is 23.9 Å². The molecule has 1 aromatic heterocycles. The summed E-state index contributed by atoms with van der Waals surface area (Å²) < 4.78 is 6.87. The standard InChI is InChI=1S/C12H15N3O2/c1-7-4-8(16)5-10(17-3)11(7)9-6-14-15(2)12(9)13/h4-6,16H,13H2,1-3H3. The molecule has 0 saturated heterocycles. The lowest BCUT2D eigenvalue weighted by atomic mass is 10.0. The average Bonchev–Trinajstić information content (AvgIpc) is 2.59. The Bertz CT molecular complexity index is 561. The van der Waals surface area contributed by atoms with Gasteiger partial charge in [0.25, 0.3) is 0 Å². The second-order valence-corrected chi connectivity index (χ2v) is 3.91. The first-order valence-electron chi connectivity index (χ1n) is 5.20. The van der Waals surface area contributed by atoms with Crippen molar-refractivity contribution in [1.29, 1.82) is 0 Å². The predicted molar refractivity (Wildman–Crippen MR) is 66.0 cm³/mol. The molecule has 0 fully saturated rings. The fourth-order valence-corrected chi connectivity index (χ4v) is 1.88. The van der Waals surface area contributed by atoms with E-state index < -0.39 is 0 Å². The van der Waals surface area contributed by atoms with Gasteiger partial charge >= 0.3 is 0 Å². The molecule has 5 heteroatoms. The molecule has 1 heterocycles. The molecule has 0 unspecified atom stereocenters. The zero-order valence-corrected chi connectivity index (χ0v) is 10.1. The molecule has 0 saturated carbocycles. The van der Waals surface area contributed by atoms with Gasteiger partial charge in [0.1, 0.15) is 17.3 Å². The van der Waals surface area contributed by atoms with Crippen LogP contribution in [0.4, 0.5) is 5.82 Å². The quantitative estimate of drug-likeness (QED) is 0.827. The van der Waals surface area contributed by atoms with Crippen molar-refractivity contribution in [2.45, 2.75) is 6.92 Å². The highest BCUT2D eigenvalue weighted by Crippen LogP contribution is 2.38. The highest BCUT2D eigenvalue weighted by Gasteiger charge is 2.16. The molecule has 3 N–H and O–H groups in total. The first-order chi connectivity index (χ1) is 8.04. The van der Waals surface area contributed by atoms with Gasteiger partial charge in [0, 0.05) is 24.2 Å². The molecular formula is C12H15N3O2. The fraction of sp³-hybridized carbons (Fsp3) is 0.250. The van der Waals surface area contributed by atoms with E-state index in [4.69, 9.17) is 10.5 Å². The predicted octanol–water partition coefficient (Wildman–Crippen LogP) is 1.69. The second kappa shape index (κ2) is 4.01. The van der Waals surface area contributed by atoms with Crippen molar-refractivity contribution in [1.82, 2.24) is 9.78 Å². The molecule has 2 aromatic rings. The molecule has 0 atom stereocenters. The number of nitrogens with zero attached hydrogens (tertiary/aromatic N) is 2. The first-order valence-corrected chi connectivity index (χ1v) is 5.20. The van der Waals surface area contributed by atoms with Crippen LogP contribution in [0, 0.1) is 6.92 Å². The van der Waals surface area contributed by atoms with Crippen LogP contribution in [0.3, 0.4) is 0 Å². The number of benzene rings is 1. The van der Waals surface area contributed by atoms with E-state index >= 15 is 0 Å². The molecular weight excluding hydrogens is 218 g/mol. The van der Waals surface area contributed by atoms with Crippen LogP contribution in [0.5, 0.6) is 11.5 Å². The van der Waals surface area contributed by atoms with Crippen molar-refractivity contribution >= 4 is 5.82 Å². The molecule has 1 aromatic carbocycles. The maximum atomic E-state index is 9.54.